The number of rotatable bonds is 3. The highest BCUT2D eigenvalue weighted by Gasteiger charge is 2.39. The molecular formula is C12H9N3O6. The summed E-state index contributed by atoms with van der Waals surface area (Å²) in [6, 6.07) is 2.59. The van der Waals surface area contributed by atoms with E-state index >= 15 is 0 Å². The van der Waals surface area contributed by atoms with Gasteiger partial charge < -0.3 is 0 Å². The van der Waals surface area contributed by atoms with Crippen molar-refractivity contribution in [1.82, 2.24) is 5.06 Å². The third-order valence-corrected chi connectivity index (χ3v) is 3.34. The number of nitro groups is 2. The Morgan fingerprint density at radius 2 is 1.76 bits per heavy atom. The van der Waals surface area contributed by atoms with Crippen LogP contribution in [0.25, 0.3) is 0 Å². The van der Waals surface area contributed by atoms with Gasteiger partial charge in [0.1, 0.15) is 6.10 Å². The highest BCUT2D eigenvalue weighted by Crippen LogP contribution is 2.32. The Labute approximate surface area is 117 Å². The predicted molar refractivity (Wildman–Crippen MR) is 68.3 cm³/mol. The molecule has 9 heteroatoms. The van der Waals surface area contributed by atoms with Crippen LogP contribution in [-0.4, -0.2) is 33.0 Å². The third kappa shape index (κ3) is 2.23. The summed E-state index contributed by atoms with van der Waals surface area (Å²) >= 11 is 0. The molecule has 0 spiro atoms. The average Bonchev–Trinajstić information content (AvgIpc) is 3.08. The molecule has 1 aliphatic heterocycles. The number of hydrogen-bond donors (Lipinski definition) is 0. The molecule has 1 fully saturated rings. The minimum absolute atomic E-state index is 0.142. The van der Waals surface area contributed by atoms with Gasteiger partial charge in [0.15, 0.2) is 0 Å². The van der Waals surface area contributed by atoms with Gasteiger partial charge in [-0.2, -0.15) is 0 Å². The van der Waals surface area contributed by atoms with Gasteiger partial charge in [-0.1, -0.05) is 12.2 Å². The number of hydrogen-bond acceptors (Lipinski definition) is 6. The fourth-order valence-electron chi connectivity index (χ4n) is 2.38. The van der Waals surface area contributed by atoms with E-state index in [4.69, 9.17) is 4.84 Å². The highest BCUT2D eigenvalue weighted by molar-refractivity contribution is 5.95. The number of hydroxylamine groups is 2. The Morgan fingerprint density at radius 3 is 2.19 bits per heavy atom. The first-order valence-corrected chi connectivity index (χ1v) is 6.08. The number of carbonyl (C=O) groups excluding carboxylic acids is 1. The highest BCUT2D eigenvalue weighted by atomic mass is 16.7. The maximum Gasteiger partial charge on any atom is 0.278 e. The van der Waals surface area contributed by atoms with E-state index in [1.54, 1.807) is 6.08 Å². The summed E-state index contributed by atoms with van der Waals surface area (Å²) in [6.07, 6.45) is 4.07. The molecular weight excluding hydrogens is 282 g/mol. The fraction of sp³-hybridized carbons (Fsp3) is 0.250. The van der Waals surface area contributed by atoms with E-state index in [0.717, 1.165) is 23.3 Å². The van der Waals surface area contributed by atoms with E-state index in [2.05, 4.69) is 0 Å². The van der Waals surface area contributed by atoms with Crippen molar-refractivity contribution in [3.8, 4) is 0 Å². The molecule has 21 heavy (non-hydrogen) atoms. The first kappa shape index (κ1) is 13.2. The Bertz CT molecular complexity index is 653. The average molecular weight is 291 g/mol. The normalized spacial score (nSPS) is 22.6. The van der Waals surface area contributed by atoms with Gasteiger partial charge in [0.2, 0.25) is 0 Å². The lowest BCUT2D eigenvalue weighted by Gasteiger charge is -2.22. The lowest BCUT2D eigenvalue weighted by molar-refractivity contribution is -0.394. The van der Waals surface area contributed by atoms with Gasteiger partial charge >= 0.3 is 0 Å². The van der Waals surface area contributed by atoms with Crippen molar-refractivity contribution in [3.05, 3.63) is 56.1 Å². The molecule has 2 unspecified atom stereocenters. The Balaban J connectivity index is 1.97. The van der Waals surface area contributed by atoms with Crippen molar-refractivity contribution in [3.63, 3.8) is 0 Å². The summed E-state index contributed by atoms with van der Waals surface area (Å²) in [5, 5.41) is 22.7. The molecule has 3 rings (SSSR count). The van der Waals surface area contributed by atoms with Gasteiger partial charge in [-0.05, 0) is 0 Å². The van der Waals surface area contributed by atoms with Crippen molar-refractivity contribution in [1.29, 1.82) is 0 Å². The van der Waals surface area contributed by atoms with Crippen LogP contribution in [0.3, 0.4) is 0 Å². The van der Waals surface area contributed by atoms with Gasteiger partial charge in [0.05, 0.1) is 27.5 Å². The number of amides is 1. The fourth-order valence-corrected chi connectivity index (χ4v) is 2.38. The van der Waals surface area contributed by atoms with Gasteiger partial charge in [-0.15, -0.1) is 0 Å². The molecule has 1 aromatic carbocycles. The molecule has 0 radical (unpaired) electrons. The van der Waals surface area contributed by atoms with E-state index in [1.165, 1.54) is 0 Å². The summed E-state index contributed by atoms with van der Waals surface area (Å²) in [7, 11) is 0. The molecule has 0 aromatic heterocycles. The first-order valence-electron chi connectivity index (χ1n) is 6.08. The zero-order chi connectivity index (χ0) is 15.1. The van der Waals surface area contributed by atoms with Crippen molar-refractivity contribution in [2.45, 2.75) is 18.6 Å². The summed E-state index contributed by atoms with van der Waals surface area (Å²) in [5.74, 6) is -0.626. The van der Waals surface area contributed by atoms with Crippen LogP contribution in [0.2, 0.25) is 0 Å². The Hall–Kier alpha value is -2.81. The number of nitro benzene ring substituents is 2. The van der Waals surface area contributed by atoms with Gasteiger partial charge in [0, 0.05) is 18.6 Å². The lowest BCUT2D eigenvalue weighted by Crippen LogP contribution is -2.34. The van der Waals surface area contributed by atoms with E-state index in [0.29, 0.717) is 6.42 Å². The summed E-state index contributed by atoms with van der Waals surface area (Å²) in [6.45, 7) is 0. The second kappa shape index (κ2) is 4.63. The minimum atomic E-state index is -0.777. The van der Waals surface area contributed by atoms with Crippen LogP contribution in [-0.2, 0) is 4.84 Å². The van der Waals surface area contributed by atoms with Gasteiger partial charge in [0.25, 0.3) is 17.3 Å². The van der Waals surface area contributed by atoms with Crippen molar-refractivity contribution in [2.75, 3.05) is 0 Å². The maximum absolute atomic E-state index is 12.3. The molecule has 1 amide bonds. The number of carbonyl (C=O) groups is 1. The van der Waals surface area contributed by atoms with Crippen molar-refractivity contribution in [2.24, 2.45) is 0 Å². The van der Waals surface area contributed by atoms with E-state index < -0.39 is 27.1 Å². The van der Waals surface area contributed by atoms with Crippen molar-refractivity contribution >= 4 is 17.3 Å². The largest absolute Gasteiger partial charge is 0.278 e. The zero-order valence-corrected chi connectivity index (χ0v) is 10.5. The molecule has 2 atom stereocenters. The van der Waals surface area contributed by atoms with Crippen LogP contribution < -0.4 is 0 Å². The van der Waals surface area contributed by atoms with Crippen LogP contribution in [0.1, 0.15) is 16.8 Å². The maximum atomic E-state index is 12.3. The van der Waals surface area contributed by atoms with Crippen LogP contribution in [0.4, 0.5) is 11.4 Å². The van der Waals surface area contributed by atoms with Gasteiger partial charge in [-0.25, -0.2) is 5.06 Å². The molecule has 1 aliphatic carbocycles. The van der Waals surface area contributed by atoms with E-state index in [9.17, 15) is 25.0 Å². The van der Waals surface area contributed by atoms with E-state index in [1.807, 2.05) is 6.08 Å². The quantitative estimate of drug-likeness (QED) is 0.474. The van der Waals surface area contributed by atoms with E-state index in [-0.39, 0.29) is 17.7 Å². The topological polar surface area (TPSA) is 116 Å². The second-order valence-electron chi connectivity index (χ2n) is 4.72. The van der Waals surface area contributed by atoms with Crippen molar-refractivity contribution < 1.29 is 19.5 Å². The molecule has 9 nitrogen and oxygen atoms in total. The zero-order valence-electron chi connectivity index (χ0n) is 10.5. The Morgan fingerprint density at radius 1 is 1.14 bits per heavy atom. The summed E-state index contributed by atoms with van der Waals surface area (Å²) in [4.78, 5) is 37.7. The Kier molecular flexibility index (Phi) is 2.91. The van der Waals surface area contributed by atoms with Crippen LogP contribution in [0.15, 0.2) is 30.4 Å². The number of fused-ring (bicyclic) bond motifs is 2. The monoisotopic (exact) mass is 291 g/mol. The molecule has 1 saturated heterocycles. The standard InChI is InChI=1S/C12H9N3O6/c16-12(13-8-1-2-11(6-8)21-13)7-3-9(14(17)18)5-10(4-7)15(19)20/h1-5,8,11H,6H2. The summed E-state index contributed by atoms with van der Waals surface area (Å²) < 4.78 is 0. The molecule has 0 N–H and O–H groups in total. The predicted octanol–water partition coefficient (Wildman–Crippen LogP) is 1.59. The number of benzene rings is 1. The lowest BCUT2D eigenvalue weighted by atomic mass is 10.1. The number of nitrogens with zero attached hydrogens (tertiary/aromatic N) is 3. The molecule has 0 saturated carbocycles. The first-order chi connectivity index (χ1) is 9.95. The van der Waals surface area contributed by atoms with Crippen LogP contribution in [0, 0.1) is 20.2 Å². The van der Waals surface area contributed by atoms with Gasteiger partial charge in [-0.3, -0.25) is 29.9 Å². The van der Waals surface area contributed by atoms with Crippen LogP contribution >= 0.6 is 0 Å². The second-order valence-corrected chi connectivity index (χ2v) is 4.72. The summed E-state index contributed by atoms with van der Waals surface area (Å²) in [5.41, 5.74) is -1.16. The number of non-ortho nitro benzene ring substituents is 2. The smallest absolute Gasteiger partial charge is 0.267 e. The minimum Gasteiger partial charge on any atom is -0.267 e. The SMILES string of the molecule is O=C(c1cc([N+](=O)[O-])cc([N+](=O)[O-])c1)N1OC2C=CC1C2. The molecule has 2 bridgehead atoms. The molecule has 1 aromatic rings. The third-order valence-electron chi connectivity index (χ3n) is 3.34. The molecule has 2 aliphatic rings. The molecule has 1 heterocycles. The molecule has 108 valence electrons. The van der Waals surface area contributed by atoms with Crippen LogP contribution in [0.5, 0.6) is 0 Å².